The van der Waals surface area contributed by atoms with Gasteiger partial charge in [-0.3, -0.25) is 9.59 Å². The van der Waals surface area contributed by atoms with Gasteiger partial charge >= 0.3 is 5.97 Å². The second-order valence-corrected chi connectivity index (χ2v) is 25.3. The SMILES string of the molecule is CCCCCCCCCCCCCCCCCCC(=O)OCCCCCCCCCCCCCCCCCCCCCCCCCCCCCCCC(=O)NC(CO)C(O)CCCCCCCCCCCCCCCCCC. The van der Waals surface area contributed by atoms with Gasteiger partial charge in [-0.25, -0.2) is 0 Å². The van der Waals surface area contributed by atoms with Gasteiger partial charge in [-0.2, -0.15) is 0 Å². The monoisotopic (exact) mass is 1100 g/mol. The van der Waals surface area contributed by atoms with Gasteiger partial charge in [-0.05, 0) is 25.7 Å². The maximum Gasteiger partial charge on any atom is 0.305 e. The molecule has 0 aromatic carbocycles. The summed E-state index contributed by atoms with van der Waals surface area (Å²) in [6.45, 7) is 5.01. The first-order valence-electron chi connectivity index (χ1n) is 36.3. The van der Waals surface area contributed by atoms with Gasteiger partial charge in [0.05, 0.1) is 25.4 Å². The van der Waals surface area contributed by atoms with Crippen molar-refractivity contribution in [2.45, 2.75) is 437 Å². The van der Waals surface area contributed by atoms with Crippen LogP contribution in [0.5, 0.6) is 0 Å². The van der Waals surface area contributed by atoms with E-state index in [-0.39, 0.29) is 18.5 Å². The molecule has 0 radical (unpaired) electrons. The number of carbonyl (C=O) groups excluding carboxylic acids is 2. The van der Waals surface area contributed by atoms with Crippen molar-refractivity contribution in [3.05, 3.63) is 0 Å². The average molecular weight is 1100 g/mol. The zero-order valence-electron chi connectivity index (χ0n) is 53.4. The third-order valence-electron chi connectivity index (χ3n) is 17.4. The Kier molecular flexibility index (Phi) is 67.4. The van der Waals surface area contributed by atoms with Crippen LogP contribution in [0.1, 0.15) is 425 Å². The predicted octanol–water partition coefficient (Wildman–Crippen LogP) is 23.4. The summed E-state index contributed by atoms with van der Waals surface area (Å²) < 4.78 is 5.51. The number of unbranched alkanes of at least 4 members (excludes halogenated alkanes) is 58. The van der Waals surface area contributed by atoms with Gasteiger partial charge in [0.1, 0.15) is 0 Å². The summed E-state index contributed by atoms with van der Waals surface area (Å²) >= 11 is 0. The van der Waals surface area contributed by atoms with E-state index in [0.717, 1.165) is 38.5 Å². The van der Waals surface area contributed by atoms with E-state index < -0.39 is 12.1 Å². The molecule has 2 atom stereocenters. The maximum atomic E-state index is 12.5. The summed E-state index contributed by atoms with van der Waals surface area (Å²) in [6, 6.07) is -0.538. The highest BCUT2D eigenvalue weighted by Crippen LogP contribution is 2.20. The van der Waals surface area contributed by atoms with Gasteiger partial charge in [0.15, 0.2) is 0 Å². The molecule has 0 aliphatic carbocycles. The Labute approximate surface area is 489 Å². The highest BCUT2D eigenvalue weighted by Gasteiger charge is 2.20. The summed E-state index contributed by atoms with van der Waals surface area (Å²) in [6.07, 6.45) is 83.1. The quantitative estimate of drug-likeness (QED) is 0.0417. The fraction of sp³-hybridized carbons (Fsp3) is 0.972. The third kappa shape index (κ3) is 64.0. The average Bonchev–Trinajstić information content (AvgIpc) is 3.44. The molecule has 6 nitrogen and oxygen atoms in total. The molecular weight excluding hydrogens is 959 g/mol. The van der Waals surface area contributed by atoms with Crippen LogP contribution in [0.2, 0.25) is 0 Å². The van der Waals surface area contributed by atoms with E-state index in [9.17, 15) is 19.8 Å². The van der Waals surface area contributed by atoms with Crippen molar-refractivity contribution in [2.75, 3.05) is 13.2 Å². The second-order valence-electron chi connectivity index (χ2n) is 25.3. The Morgan fingerprint density at radius 1 is 0.308 bits per heavy atom. The Bertz CT molecular complexity index is 1130. The molecule has 0 aliphatic heterocycles. The van der Waals surface area contributed by atoms with Crippen LogP contribution in [0.3, 0.4) is 0 Å². The molecular formula is C72H143NO5. The van der Waals surface area contributed by atoms with E-state index >= 15 is 0 Å². The smallest absolute Gasteiger partial charge is 0.305 e. The molecule has 466 valence electrons. The second kappa shape index (κ2) is 68.4. The molecule has 0 aromatic rings. The van der Waals surface area contributed by atoms with Crippen LogP contribution >= 0.6 is 0 Å². The zero-order chi connectivity index (χ0) is 56.4. The van der Waals surface area contributed by atoms with Crippen LogP contribution in [0, 0.1) is 0 Å². The molecule has 0 fully saturated rings. The number of rotatable bonds is 69. The van der Waals surface area contributed by atoms with Gasteiger partial charge in [0.2, 0.25) is 5.91 Å². The van der Waals surface area contributed by atoms with Crippen molar-refractivity contribution < 1.29 is 24.5 Å². The fourth-order valence-corrected chi connectivity index (χ4v) is 11.9. The molecule has 0 heterocycles. The van der Waals surface area contributed by atoms with Gasteiger partial charge in [-0.15, -0.1) is 0 Å². The van der Waals surface area contributed by atoms with E-state index in [2.05, 4.69) is 19.2 Å². The van der Waals surface area contributed by atoms with Crippen LogP contribution in [-0.4, -0.2) is 47.4 Å². The summed E-state index contributed by atoms with van der Waals surface area (Å²) in [4.78, 5) is 24.6. The van der Waals surface area contributed by atoms with Crippen molar-refractivity contribution in [1.82, 2.24) is 5.32 Å². The summed E-state index contributed by atoms with van der Waals surface area (Å²) in [5.74, 6) is -0.00287. The van der Waals surface area contributed by atoms with E-state index in [1.54, 1.807) is 0 Å². The lowest BCUT2D eigenvalue weighted by Crippen LogP contribution is -2.45. The standard InChI is InChI=1S/C72H143NO5/c1-3-5-7-9-11-13-15-17-19-36-40-44-48-52-56-60-64-70(75)69(68-74)73-71(76)65-61-57-53-49-45-41-37-34-32-30-28-26-24-22-21-23-25-27-29-31-33-35-39-43-47-51-55-59-63-67-78-72(77)66-62-58-54-50-46-42-38-20-18-16-14-12-10-8-6-4-2/h69-70,74-75H,3-68H2,1-2H3,(H,73,76). The molecule has 0 spiro atoms. The van der Waals surface area contributed by atoms with Crippen LogP contribution in [0.4, 0.5) is 0 Å². The molecule has 0 aliphatic rings. The lowest BCUT2D eigenvalue weighted by atomic mass is 10.0. The zero-order valence-corrected chi connectivity index (χ0v) is 53.4. The molecule has 2 unspecified atom stereocenters. The summed E-state index contributed by atoms with van der Waals surface area (Å²) in [5.41, 5.74) is 0. The predicted molar refractivity (Wildman–Crippen MR) is 343 cm³/mol. The Morgan fingerprint density at radius 2 is 0.526 bits per heavy atom. The van der Waals surface area contributed by atoms with Crippen LogP contribution in [0.25, 0.3) is 0 Å². The van der Waals surface area contributed by atoms with Crippen molar-refractivity contribution in [3.63, 3.8) is 0 Å². The van der Waals surface area contributed by atoms with E-state index in [1.165, 1.54) is 353 Å². The highest BCUT2D eigenvalue weighted by molar-refractivity contribution is 5.76. The number of hydrogen-bond donors (Lipinski definition) is 3. The maximum absolute atomic E-state index is 12.5. The lowest BCUT2D eigenvalue weighted by Gasteiger charge is -2.22. The van der Waals surface area contributed by atoms with Crippen molar-refractivity contribution >= 4 is 11.9 Å². The first kappa shape index (κ1) is 76.9. The first-order chi connectivity index (χ1) is 38.5. The Morgan fingerprint density at radius 3 is 0.782 bits per heavy atom. The van der Waals surface area contributed by atoms with E-state index in [1.807, 2.05) is 0 Å². The van der Waals surface area contributed by atoms with E-state index in [0.29, 0.717) is 25.9 Å². The molecule has 0 rings (SSSR count). The van der Waals surface area contributed by atoms with Crippen LogP contribution in [-0.2, 0) is 14.3 Å². The molecule has 0 aromatic heterocycles. The molecule has 78 heavy (non-hydrogen) atoms. The number of nitrogens with one attached hydrogen (secondary N) is 1. The fourth-order valence-electron chi connectivity index (χ4n) is 11.9. The first-order valence-corrected chi connectivity index (χ1v) is 36.3. The van der Waals surface area contributed by atoms with Crippen LogP contribution < -0.4 is 5.32 Å². The third-order valence-corrected chi connectivity index (χ3v) is 17.4. The topological polar surface area (TPSA) is 95.9 Å². The van der Waals surface area contributed by atoms with Crippen molar-refractivity contribution in [3.8, 4) is 0 Å². The number of aliphatic hydroxyl groups is 2. The van der Waals surface area contributed by atoms with Gasteiger partial charge in [-0.1, -0.05) is 386 Å². The van der Waals surface area contributed by atoms with Crippen LogP contribution in [0.15, 0.2) is 0 Å². The lowest BCUT2D eigenvalue weighted by molar-refractivity contribution is -0.143. The van der Waals surface area contributed by atoms with E-state index in [4.69, 9.17) is 4.74 Å². The normalized spacial score (nSPS) is 12.4. The number of ether oxygens (including phenoxy) is 1. The molecule has 3 N–H and O–H groups in total. The number of amides is 1. The minimum Gasteiger partial charge on any atom is -0.466 e. The van der Waals surface area contributed by atoms with Crippen molar-refractivity contribution in [1.29, 1.82) is 0 Å². The largest absolute Gasteiger partial charge is 0.466 e. The minimum atomic E-state index is -0.661. The molecule has 1 amide bonds. The van der Waals surface area contributed by atoms with Crippen molar-refractivity contribution in [2.24, 2.45) is 0 Å². The number of esters is 1. The van der Waals surface area contributed by atoms with Gasteiger partial charge in [0, 0.05) is 12.8 Å². The summed E-state index contributed by atoms with van der Waals surface area (Å²) in [5, 5.41) is 23.4. The molecule has 0 saturated carbocycles. The Hall–Kier alpha value is -1.14. The minimum absolute atomic E-state index is 0.0243. The number of hydrogen-bond acceptors (Lipinski definition) is 5. The number of aliphatic hydroxyl groups excluding tert-OH is 2. The number of carbonyl (C=O) groups is 2. The van der Waals surface area contributed by atoms with Gasteiger partial charge in [0.25, 0.3) is 0 Å². The molecule has 0 saturated heterocycles. The van der Waals surface area contributed by atoms with Gasteiger partial charge < -0.3 is 20.3 Å². The summed E-state index contributed by atoms with van der Waals surface area (Å²) in [7, 11) is 0. The highest BCUT2D eigenvalue weighted by atomic mass is 16.5. The molecule has 0 bridgehead atoms. The Balaban J connectivity index is 3.31. The molecule has 6 heteroatoms.